The van der Waals surface area contributed by atoms with Crippen LogP contribution in [0.15, 0.2) is 36.4 Å². The number of phenolic OH excluding ortho intramolecular Hbond substituents is 1. The second kappa shape index (κ2) is 5.61. The highest BCUT2D eigenvalue weighted by atomic mass is 127. The first-order valence-electron chi connectivity index (χ1n) is 5.85. The fraction of sp³-hybridized carbons (Fsp3) is 0.200. The van der Waals surface area contributed by atoms with Gasteiger partial charge in [0.05, 0.1) is 3.57 Å². The van der Waals surface area contributed by atoms with Crippen LogP contribution in [0.3, 0.4) is 0 Å². The minimum Gasteiger partial charge on any atom is -0.506 e. The summed E-state index contributed by atoms with van der Waals surface area (Å²) in [5.74, 6) is 0.376. The third-order valence-corrected chi connectivity index (χ3v) is 3.61. The fourth-order valence-electron chi connectivity index (χ4n) is 1.89. The lowest BCUT2D eigenvalue weighted by molar-refractivity contribution is 0.465. The molecule has 0 aliphatic rings. The first kappa shape index (κ1) is 13.2. The standard InChI is InChI=1S/C15H16INO/c1-10-4-3-5-13(7-10)17-9-12-6-11(2)8-14(16)15(12)18/h3-8,17-18H,9H2,1-2H3. The second-order valence-corrected chi connectivity index (χ2v) is 5.64. The highest BCUT2D eigenvalue weighted by Gasteiger charge is 2.06. The van der Waals surface area contributed by atoms with Crippen molar-refractivity contribution in [2.75, 3.05) is 5.32 Å². The van der Waals surface area contributed by atoms with Crippen LogP contribution in [0.5, 0.6) is 5.75 Å². The molecule has 2 aromatic rings. The van der Waals surface area contributed by atoms with Crippen molar-refractivity contribution in [3.05, 3.63) is 56.7 Å². The molecular weight excluding hydrogens is 337 g/mol. The lowest BCUT2D eigenvalue weighted by atomic mass is 10.1. The van der Waals surface area contributed by atoms with E-state index >= 15 is 0 Å². The van der Waals surface area contributed by atoms with Crippen LogP contribution >= 0.6 is 22.6 Å². The molecule has 0 aliphatic carbocycles. The zero-order valence-corrected chi connectivity index (χ0v) is 12.7. The van der Waals surface area contributed by atoms with E-state index in [1.54, 1.807) is 0 Å². The third-order valence-electron chi connectivity index (χ3n) is 2.79. The topological polar surface area (TPSA) is 32.3 Å². The SMILES string of the molecule is Cc1cccc(NCc2cc(C)cc(I)c2O)c1. The van der Waals surface area contributed by atoms with E-state index in [0.29, 0.717) is 12.3 Å². The number of hydrogen-bond donors (Lipinski definition) is 2. The largest absolute Gasteiger partial charge is 0.506 e. The molecule has 2 aromatic carbocycles. The molecule has 2 N–H and O–H groups in total. The molecule has 0 spiro atoms. The molecule has 0 aromatic heterocycles. The number of phenols is 1. The summed E-state index contributed by atoms with van der Waals surface area (Å²) in [6.07, 6.45) is 0. The molecule has 0 unspecified atom stereocenters. The van der Waals surface area contributed by atoms with Gasteiger partial charge in [-0.25, -0.2) is 0 Å². The van der Waals surface area contributed by atoms with E-state index in [0.717, 1.165) is 14.8 Å². The molecule has 0 amide bonds. The molecule has 0 bridgehead atoms. The number of benzene rings is 2. The Bertz CT molecular complexity index is 566. The Kier molecular flexibility index (Phi) is 4.11. The number of halogens is 1. The summed E-state index contributed by atoms with van der Waals surface area (Å²) in [5.41, 5.74) is 4.40. The average Bonchev–Trinajstić information content (AvgIpc) is 2.32. The maximum absolute atomic E-state index is 10.0. The summed E-state index contributed by atoms with van der Waals surface area (Å²) in [6, 6.07) is 12.2. The number of aromatic hydroxyl groups is 1. The Balaban J connectivity index is 2.15. The van der Waals surface area contributed by atoms with E-state index in [2.05, 4.69) is 47.0 Å². The predicted octanol–water partition coefficient (Wildman–Crippen LogP) is 4.23. The van der Waals surface area contributed by atoms with Gasteiger partial charge in [0.15, 0.2) is 0 Å². The molecule has 0 radical (unpaired) electrons. The Morgan fingerprint density at radius 3 is 2.61 bits per heavy atom. The fourth-order valence-corrected chi connectivity index (χ4v) is 2.73. The van der Waals surface area contributed by atoms with E-state index in [1.165, 1.54) is 11.1 Å². The zero-order chi connectivity index (χ0) is 13.1. The summed E-state index contributed by atoms with van der Waals surface area (Å²) >= 11 is 2.16. The minimum atomic E-state index is 0.376. The highest BCUT2D eigenvalue weighted by molar-refractivity contribution is 14.1. The van der Waals surface area contributed by atoms with Crippen LogP contribution in [0.25, 0.3) is 0 Å². The lowest BCUT2D eigenvalue weighted by Gasteiger charge is -2.11. The van der Waals surface area contributed by atoms with Crippen molar-refractivity contribution in [1.82, 2.24) is 0 Å². The Labute approximate surface area is 121 Å². The van der Waals surface area contributed by atoms with Crippen LogP contribution in [0, 0.1) is 17.4 Å². The van der Waals surface area contributed by atoms with Crippen molar-refractivity contribution in [2.24, 2.45) is 0 Å². The van der Waals surface area contributed by atoms with Gasteiger partial charge in [-0.3, -0.25) is 0 Å². The van der Waals surface area contributed by atoms with Crippen LogP contribution < -0.4 is 5.32 Å². The molecule has 0 saturated carbocycles. The smallest absolute Gasteiger partial charge is 0.133 e. The molecule has 94 valence electrons. The van der Waals surface area contributed by atoms with Crippen molar-refractivity contribution in [1.29, 1.82) is 0 Å². The van der Waals surface area contributed by atoms with Gasteiger partial charge in [0.1, 0.15) is 5.75 Å². The molecule has 0 heterocycles. The van der Waals surface area contributed by atoms with Crippen molar-refractivity contribution in [3.63, 3.8) is 0 Å². The van der Waals surface area contributed by atoms with Gasteiger partial charge >= 0.3 is 0 Å². The summed E-state index contributed by atoms with van der Waals surface area (Å²) < 4.78 is 0.897. The third kappa shape index (κ3) is 3.16. The summed E-state index contributed by atoms with van der Waals surface area (Å²) in [5, 5.41) is 13.3. The first-order valence-corrected chi connectivity index (χ1v) is 6.92. The Morgan fingerprint density at radius 2 is 1.89 bits per heavy atom. The van der Waals surface area contributed by atoms with Gasteiger partial charge in [-0.2, -0.15) is 0 Å². The van der Waals surface area contributed by atoms with Gasteiger partial charge in [-0.15, -0.1) is 0 Å². The number of aryl methyl sites for hydroxylation is 2. The lowest BCUT2D eigenvalue weighted by Crippen LogP contribution is -2.01. The minimum absolute atomic E-state index is 0.376. The molecule has 2 nitrogen and oxygen atoms in total. The van der Waals surface area contributed by atoms with Crippen molar-refractivity contribution < 1.29 is 5.11 Å². The number of hydrogen-bond acceptors (Lipinski definition) is 2. The van der Waals surface area contributed by atoms with Gasteiger partial charge in [0.25, 0.3) is 0 Å². The van der Waals surface area contributed by atoms with E-state index in [-0.39, 0.29) is 0 Å². The van der Waals surface area contributed by atoms with E-state index < -0.39 is 0 Å². The monoisotopic (exact) mass is 353 g/mol. The predicted molar refractivity (Wildman–Crippen MR) is 84.1 cm³/mol. The van der Waals surface area contributed by atoms with Crippen LogP contribution in [0.2, 0.25) is 0 Å². The molecule has 0 fully saturated rings. The van der Waals surface area contributed by atoms with Crippen molar-refractivity contribution >= 4 is 28.3 Å². The number of nitrogens with one attached hydrogen (secondary N) is 1. The zero-order valence-electron chi connectivity index (χ0n) is 10.5. The van der Waals surface area contributed by atoms with E-state index in [4.69, 9.17) is 0 Å². The van der Waals surface area contributed by atoms with Crippen molar-refractivity contribution in [2.45, 2.75) is 20.4 Å². The number of rotatable bonds is 3. The molecule has 18 heavy (non-hydrogen) atoms. The maximum atomic E-state index is 10.0. The van der Waals surface area contributed by atoms with Crippen LogP contribution in [0.4, 0.5) is 5.69 Å². The molecule has 0 aliphatic heterocycles. The number of anilines is 1. The van der Waals surface area contributed by atoms with E-state index in [9.17, 15) is 5.11 Å². The van der Waals surface area contributed by atoms with E-state index in [1.807, 2.05) is 31.2 Å². The van der Waals surface area contributed by atoms with Gasteiger partial charge in [-0.05, 0) is 65.8 Å². The van der Waals surface area contributed by atoms with Gasteiger partial charge in [0.2, 0.25) is 0 Å². The van der Waals surface area contributed by atoms with Crippen molar-refractivity contribution in [3.8, 4) is 5.75 Å². The summed E-state index contributed by atoms with van der Waals surface area (Å²) in [4.78, 5) is 0. The van der Waals surface area contributed by atoms with Crippen LogP contribution in [-0.2, 0) is 6.54 Å². The Hall–Kier alpha value is -1.23. The molecule has 0 saturated heterocycles. The quantitative estimate of drug-likeness (QED) is 0.810. The van der Waals surface area contributed by atoms with Crippen LogP contribution in [-0.4, -0.2) is 5.11 Å². The van der Waals surface area contributed by atoms with Gasteiger partial charge < -0.3 is 10.4 Å². The first-order chi connectivity index (χ1) is 8.56. The molecule has 0 atom stereocenters. The van der Waals surface area contributed by atoms with Gasteiger partial charge in [0, 0.05) is 17.8 Å². The summed E-state index contributed by atoms with van der Waals surface area (Å²) in [7, 11) is 0. The Morgan fingerprint density at radius 1 is 1.11 bits per heavy atom. The summed E-state index contributed by atoms with van der Waals surface area (Å²) in [6.45, 7) is 4.74. The van der Waals surface area contributed by atoms with Crippen LogP contribution in [0.1, 0.15) is 16.7 Å². The molecule has 3 heteroatoms. The normalized spacial score (nSPS) is 10.4. The highest BCUT2D eigenvalue weighted by Crippen LogP contribution is 2.26. The molecular formula is C15H16INO. The van der Waals surface area contributed by atoms with Gasteiger partial charge in [-0.1, -0.05) is 18.2 Å². The molecule has 2 rings (SSSR count). The maximum Gasteiger partial charge on any atom is 0.133 e. The second-order valence-electron chi connectivity index (χ2n) is 4.48. The average molecular weight is 353 g/mol.